The lowest BCUT2D eigenvalue weighted by molar-refractivity contribution is -0.120. The van der Waals surface area contributed by atoms with E-state index in [1.807, 2.05) is 16.8 Å². The van der Waals surface area contributed by atoms with Gasteiger partial charge in [-0.15, -0.1) is 0 Å². The molecular formula is C22H29ClN6OS. The Bertz CT molecular complexity index is 1010. The predicted octanol–water partition coefficient (Wildman–Crippen LogP) is 4.41. The standard InChI is InChI=1S/C22H29ClN6OS/c1-4-11-31-22-27-20(25-13-15(2)3)18-14-26-29(21(18)28-22)10-9-24-19(30)12-16-5-7-17(23)8-6-16/h5-8,14-15H,4,9-13H2,1-3H3,(H,24,30)(H,25,27,28). The number of benzene rings is 1. The summed E-state index contributed by atoms with van der Waals surface area (Å²) in [7, 11) is 0. The normalized spacial score (nSPS) is 11.3. The molecule has 0 radical (unpaired) electrons. The Hall–Kier alpha value is -2.32. The van der Waals surface area contributed by atoms with Crippen molar-refractivity contribution in [2.24, 2.45) is 5.92 Å². The van der Waals surface area contributed by atoms with Crippen LogP contribution >= 0.6 is 23.4 Å². The SMILES string of the molecule is CCCSc1nc(NCC(C)C)c2cnn(CCNC(=O)Cc3ccc(Cl)cc3)c2n1. The monoisotopic (exact) mass is 460 g/mol. The third kappa shape index (κ3) is 6.83. The van der Waals surface area contributed by atoms with E-state index in [0.717, 1.165) is 46.3 Å². The van der Waals surface area contributed by atoms with E-state index < -0.39 is 0 Å². The van der Waals surface area contributed by atoms with Crippen LogP contribution in [0.15, 0.2) is 35.6 Å². The van der Waals surface area contributed by atoms with Gasteiger partial charge in [-0.25, -0.2) is 14.6 Å². The molecule has 0 atom stereocenters. The zero-order chi connectivity index (χ0) is 22.2. The number of fused-ring (bicyclic) bond motifs is 1. The Balaban J connectivity index is 1.67. The van der Waals surface area contributed by atoms with Crippen LogP contribution in [0, 0.1) is 5.92 Å². The topological polar surface area (TPSA) is 84.7 Å². The summed E-state index contributed by atoms with van der Waals surface area (Å²) in [5, 5.41) is 13.2. The Morgan fingerprint density at radius 3 is 2.71 bits per heavy atom. The highest BCUT2D eigenvalue weighted by molar-refractivity contribution is 7.99. The first-order valence-electron chi connectivity index (χ1n) is 10.6. The lowest BCUT2D eigenvalue weighted by Crippen LogP contribution is -2.28. The van der Waals surface area contributed by atoms with E-state index in [0.29, 0.717) is 30.5 Å². The third-order valence-electron chi connectivity index (χ3n) is 4.51. The first-order valence-corrected chi connectivity index (χ1v) is 11.9. The summed E-state index contributed by atoms with van der Waals surface area (Å²) in [5.74, 6) is 2.24. The number of aromatic nitrogens is 4. The lowest BCUT2D eigenvalue weighted by Gasteiger charge is -2.11. The number of nitrogens with zero attached hydrogens (tertiary/aromatic N) is 4. The first kappa shape index (κ1) is 23.3. The molecule has 2 N–H and O–H groups in total. The summed E-state index contributed by atoms with van der Waals surface area (Å²) in [4.78, 5) is 21.7. The minimum absolute atomic E-state index is 0.0353. The third-order valence-corrected chi connectivity index (χ3v) is 5.82. The van der Waals surface area contributed by atoms with Crippen LogP contribution < -0.4 is 10.6 Å². The number of anilines is 1. The maximum atomic E-state index is 12.3. The lowest BCUT2D eigenvalue weighted by atomic mass is 10.1. The van der Waals surface area contributed by atoms with Gasteiger partial charge in [-0.05, 0) is 30.0 Å². The van der Waals surface area contributed by atoms with Crippen molar-refractivity contribution in [3.63, 3.8) is 0 Å². The fraction of sp³-hybridized carbons (Fsp3) is 0.455. The number of halogens is 1. The average molecular weight is 461 g/mol. The van der Waals surface area contributed by atoms with E-state index in [1.54, 1.807) is 30.1 Å². The van der Waals surface area contributed by atoms with Crippen LogP contribution in [0.2, 0.25) is 5.02 Å². The molecule has 0 bridgehead atoms. The van der Waals surface area contributed by atoms with Crippen LogP contribution in [0.5, 0.6) is 0 Å². The van der Waals surface area contributed by atoms with Crippen molar-refractivity contribution < 1.29 is 4.79 Å². The van der Waals surface area contributed by atoms with Crippen molar-refractivity contribution in [3.05, 3.63) is 41.0 Å². The highest BCUT2D eigenvalue weighted by atomic mass is 35.5. The molecule has 0 unspecified atom stereocenters. The summed E-state index contributed by atoms with van der Waals surface area (Å²) in [5.41, 5.74) is 1.71. The fourth-order valence-electron chi connectivity index (χ4n) is 2.94. The van der Waals surface area contributed by atoms with Gasteiger partial charge < -0.3 is 10.6 Å². The zero-order valence-electron chi connectivity index (χ0n) is 18.2. The van der Waals surface area contributed by atoms with E-state index in [4.69, 9.17) is 21.6 Å². The van der Waals surface area contributed by atoms with E-state index in [2.05, 4.69) is 36.5 Å². The second kappa shape index (κ2) is 11.3. The summed E-state index contributed by atoms with van der Waals surface area (Å²) >= 11 is 7.54. The summed E-state index contributed by atoms with van der Waals surface area (Å²) in [6.07, 6.45) is 3.17. The van der Waals surface area contributed by atoms with Gasteiger partial charge in [-0.3, -0.25) is 4.79 Å². The molecule has 3 rings (SSSR count). The molecule has 7 nitrogen and oxygen atoms in total. The van der Waals surface area contributed by atoms with Crippen LogP contribution in [0.25, 0.3) is 11.0 Å². The molecule has 31 heavy (non-hydrogen) atoms. The van der Waals surface area contributed by atoms with Gasteiger partial charge in [0.15, 0.2) is 10.8 Å². The molecule has 9 heteroatoms. The number of nitrogens with one attached hydrogen (secondary N) is 2. The molecule has 3 aromatic rings. The minimum atomic E-state index is -0.0353. The number of rotatable bonds is 11. The Morgan fingerprint density at radius 2 is 2.00 bits per heavy atom. The number of carbonyl (C=O) groups is 1. The second-order valence-corrected chi connectivity index (χ2v) is 9.23. The second-order valence-electron chi connectivity index (χ2n) is 7.74. The van der Waals surface area contributed by atoms with E-state index in [9.17, 15) is 4.79 Å². The van der Waals surface area contributed by atoms with Gasteiger partial charge in [-0.2, -0.15) is 5.10 Å². The molecule has 0 saturated heterocycles. The maximum absolute atomic E-state index is 12.3. The molecule has 0 aliphatic carbocycles. The van der Waals surface area contributed by atoms with Gasteiger partial charge in [0.05, 0.1) is 24.5 Å². The number of hydrogen-bond acceptors (Lipinski definition) is 6. The molecule has 0 aliphatic rings. The Kier molecular flexibility index (Phi) is 8.54. The molecule has 0 fully saturated rings. The minimum Gasteiger partial charge on any atom is -0.369 e. The molecular weight excluding hydrogens is 432 g/mol. The van der Waals surface area contributed by atoms with Gasteiger partial charge in [-0.1, -0.05) is 56.3 Å². The maximum Gasteiger partial charge on any atom is 0.224 e. The van der Waals surface area contributed by atoms with E-state index >= 15 is 0 Å². The van der Waals surface area contributed by atoms with Crippen molar-refractivity contribution in [2.75, 3.05) is 24.2 Å². The van der Waals surface area contributed by atoms with Crippen molar-refractivity contribution in [3.8, 4) is 0 Å². The zero-order valence-corrected chi connectivity index (χ0v) is 19.8. The van der Waals surface area contributed by atoms with Gasteiger partial charge in [0.25, 0.3) is 0 Å². The van der Waals surface area contributed by atoms with Crippen molar-refractivity contribution in [1.29, 1.82) is 0 Å². The van der Waals surface area contributed by atoms with Crippen LogP contribution in [0.4, 0.5) is 5.82 Å². The van der Waals surface area contributed by atoms with E-state index in [-0.39, 0.29) is 5.91 Å². The molecule has 1 amide bonds. The number of thioether (sulfide) groups is 1. The molecule has 166 valence electrons. The largest absolute Gasteiger partial charge is 0.369 e. The quantitative estimate of drug-likeness (QED) is 0.325. The van der Waals surface area contributed by atoms with E-state index in [1.165, 1.54) is 0 Å². The molecule has 2 aromatic heterocycles. The van der Waals surface area contributed by atoms with Crippen LogP contribution in [-0.4, -0.2) is 44.5 Å². The molecule has 0 saturated carbocycles. The predicted molar refractivity (Wildman–Crippen MR) is 128 cm³/mol. The fourth-order valence-corrected chi connectivity index (χ4v) is 3.76. The van der Waals surface area contributed by atoms with Gasteiger partial charge in [0.2, 0.25) is 5.91 Å². The van der Waals surface area contributed by atoms with Crippen molar-refractivity contribution in [1.82, 2.24) is 25.1 Å². The Labute approximate surface area is 192 Å². The summed E-state index contributed by atoms with van der Waals surface area (Å²) in [6, 6.07) is 7.31. The molecule has 1 aromatic carbocycles. The van der Waals surface area contributed by atoms with Gasteiger partial charge in [0, 0.05) is 23.9 Å². The summed E-state index contributed by atoms with van der Waals surface area (Å²) in [6.45, 7) is 8.30. The smallest absolute Gasteiger partial charge is 0.224 e. The average Bonchev–Trinajstić information content (AvgIpc) is 3.15. The first-order chi connectivity index (χ1) is 15.0. The Morgan fingerprint density at radius 1 is 1.23 bits per heavy atom. The van der Waals surface area contributed by atoms with Gasteiger partial charge in [0.1, 0.15) is 5.82 Å². The highest BCUT2D eigenvalue weighted by Gasteiger charge is 2.14. The van der Waals surface area contributed by atoms with Crippen molar-refractivity contribution >= 4 is 46.1 Å². The van der Waals surface area contributed by atoms with Crippen LogP contribution in [0.1, 0.15) is 32.8 Å². The number of amides is 1. The number of hydrogen-bond donors (Lipinski definition) is 2. The van der Waals surface area contributed by atoms with Crippen LogP contribution in [0.3, 0.4) is 0 Å². The van der Waals surface area contributed by atoms with Crippen LogP contribution in [-0.2, 0) is 17.8 Å². The number of carbonyl (C=O) groups excluding carboxylic acids is 1. The molecule has 2 heterocycles. The highest BCUT2D eigenvalue weighted by Crippen LogP contribution is 2.25. The van der Waals surface area contributed by atoms with Gasteiger partial charge >= 0.3 is 0 Å². The summed E-state index contributed by atoms with van der Waals surface area (Å²) < 4.78 is 1.83. The molecule has 0 aliphatic heterocycles. The van der Waals surface area contributed by atoms with Crippen molar-refractivity contribution in [2.45, 2.75) is 45.3 Å². The molecule has 0 spiro atoms.